The number of aryl methyl sites for hydroxylation is 1. The van der Waals surface area contributed by atoms with E-state index in [2.05, 4.69) is 5.32 Å². The van der Waals surface area contributed by atoms with Gasteiger partial charge in [0, 0.05) is 11.3 Å². The molecule has 0 spiro atoms. The van der Waals surface area contributed by atoms with E-state index >= 15 is 0 Å². The summed E-state index contributed by atoms with van der Waals surface area (Å²) in [6.45, 7) is 6.58. The fourth-order valence-corrected chi connectivity index (χ4v) is 2.19. The molecule has 0 radical (unpaired) electrons. The summed E-state index contributed by atoms with van der Waals surface area (Å²) in [4.78, 5) is 0. The molecule has 1 atom stereocenters. The van der Waals surface area contributed by atoms with E-state index in [1.54, 1.807) is 12.1 Å². The van der Waals surface area contributed by atoms with Gasteiger partial charge in [-0.25, -0.2) is 4.39 Å². The summed E-state index contributed by atoms with van der Waals surface area (Å²) in [5.41, 5.74) is 2.74. The van der Waals surface area contributed by atoms with Crippen molar-refractivity contribution in [3.05, 3.63) is 59.4 Å². The first-order valence-corrected chi connectivity index (χ1v) is 6.86. The molecule has 0 fully saturated rings. The topological polar surface area (TPSA) is 21.3 Å². The molecule has 2 nitrogen and oxygen atoms in total. The van der Waals surface area contributed by atoms with E-state index in [0.29, 0.717) is 12.2 Å². The van der Waals surface area contributed by atoms with Crippen LogP contribution in [0.1, 0.15) is 31.0 Å². The van der Waals surface area contributed by atoms with Crippen LogP contribution < -0.4 is 10.1 Å². The average molecular weight is 273 g/mol. The molecule has 0 heterocycles. The van der Waals surface area contributed by atoms with Crippen molar-refractivity contribution in [3.8, 4) is 5.75 Å². The first-order valence-electron chi connectivity index (χ1n) is 6.86. The van der Waals surface area contributed by atoms with Gasteiger partial charge >= 0.3 is 0 Å². The molecule has 0 saturated heterocycles. The van der Waals surface area contributed by atoms with Crippen LogP contribution in [0, 0.1) is 12.7 Å². The van der Waals surface area contributed by atoms with E-state index in [0.717, 1.165) is 17.0 Å². The average Bonchev–Trinajstić information content (AvgIpc) is 2.42. The Morgan fingerprint density at radius 1 is 1.20 bits per heavy atom. The van der Waals surface area contributed by atoms with Crippen molar-refractivity contribution in [1.82, 2.24) is 0 Å². The van der Waals surface area contributed by atoms with Gasteiger partial charge in [-0.3, -0.25) is 0 Å². The summed E-state index contributed by atoms with van der Waals surface area (Å²) >= 11 is 0. The fourth-order valence-electron chi connectivity index (χ4n) is 2.19. The van der Waals surface area contributed by atoms with Gasteiger partial charge in [0.1, 0.15) is 11.6 Å². The van der Waals surface area contributed by atoms with Crippen LogP contribution in [0.5, 0.6) is 5.75 Å². The Morgan fingerprint density at radius 2 is 1.95 bits per heavy atom. The van der Waals surface area contributed by atoms with Gasteiger partial charge in [-0.05, 0) is 50.6 Å². The number of halogens is 1. The van der Waals surface area contributed by atoms with Crippen LogP contribution in [0.25, 0.3) is 0 Å². The molecule has 1 unspecified atom stereocenters. The fraction of sp³-hybridized carbons (Fsp3) is 0.294. The molecule has 0 amide bonds. The third-order valence-corrected chi connectivity index (χ3v) is 3.25. The van der Waals surface area contributed by atoms with E-state index in [1.165, 1.54) is 6.07 Å². The molecule has 2 aromatic carbocycles. The van der Waals surface area contributed by atoms with Crippen LogP contribution in [-0.4, -0.2) is 6.61 Å². The Labute approximate surface area is 119 Å². The Kier molecular flexibility index (Phi) is 4.61. The molecular weight excluding hydrogens is 253 g/mol. The molecule has 106 valence electrons. The van der Waals surface area contributed by atoms with Crippen molar-refractivity contribution < 1.29 is 9.13 Å². The standard InChI is InChI=1S/C17H20FNO/c1-4-20-14-9-10-17(12(2)11-14)19-13(3)15-7-5-6-8-16(15)18/h5-11,13,19H,4H2,1-3H3. The van der Waals surface area contributed by atoms with Gasteiger partial charge in [-0.15, -0.1) is 0 Å². The maximum Gasteiger partial charge on any atom is 0.128 e. The highest BCUT2D eigenvalue weighted by Gasteiger charge is 2.11. The quantitative estimate of drug-likeness (QED) is 0.852. The number of rotatable bonds is 5. The van der Waals surface area contributed by atoms with Crippen LogP contribution in [0.15, 0.2) is 42.5 Å². The molecule has 0 aliphatic rings. The predicted octanol–water partition coefficient (Wildman–Crippen LogP) is 4.71. The van der Waals surface area contributed by atoms with E-state index < -0.39 is 0 Å². The molecule has 0 bridgehead atoms. The molecule has 0 saturated carbocycles. The second-order valence-electron chi connectivity index (χ2n) is 4.80. The van der Waals surface area contributed by atoms with Gasteiger partial charge in [0.25, 0.3) is 0 Å². The lowest BCUT2D eigenvalue weighted by atomic mass is 10.1. The number of hydrogen-bond acceptors (Lipinski definition) is 2. The SMILES string of the molecule is CCOc1ccc(NC(C)c2ccccc2F)c(C)c1. The van der Waals surface area contributed by atoms with Gasteiger partial charge in [-0.2, -0.15) is 0 Å². The summed E-state index contributed by atoms with van der Waals surface area (Å²) in [5, 5.41) is 3.34. The summed E-state index contributed by atoms with van der Waals surface area (Å²) in [6, 6.07) is 12.6. The second kappa shape index (κ2) is 6.42. The van der Waals surface area contributed by atoms with Gasteiger partial charge in [0.2, 0.25) is 0 Å². The van der Waals surface area contributed by atoms with Crippen LogP contribution in [0.2, 0.25) is 0 Å². The van der Waals surface area contributed by atoms with Crippen LogP contribution >= 0.6 is 0 Å². The number of ether oxygens (including phenoxy) is 1. The second-order valence-corrected chi connectivity index (χ2v) is 4.80. The summed E-state index contributed by atoms with van der Waals surface area (Å²) in [5.74, 6) is 0.671. The molecule has 2 rings (SSSR count). The van der Waals surface area contributed by atoms with E-state index in [9.17, 15) is 4.39 Å². The van der Waals surface area contributed by atoms with Crippen LogP contribution in [-0.2, 0) is 0 Å². The van der Waals surface area contributed by atoms with Crippen molar-refractivity contribution in [2.75, 3.05) is 11.9 Å². The highest BCUT2D eigenvalue weighted by Crippen LogP contribution is 2.26. The first kappa shape index (κ1) is 14.4. The van der Waals surface area contributed by atoms with Crippen LogP contribution in [0.3, 0.4) is 0 Å². The van der Waals surface area contributed by atoms with Crippen molar-refractivity contribution >= 4 is 5.69 Å². The normalized spacial score (nSPS) is 12.0. The minimum Gasteiger partial charge on any atom is -0.494 e. The lowest BCUT2D eigenvalue weighted by Crippen LogP contribution is -2.09. The molecule has 2 aromatic rings. The minimum absolute atomic E-state index is 0.0900. The molecule has 0 aliphatic heterocycles. The molecule has 1 N–H and O–H groups in total. The van der Waals surface area contributed by atoms with E-state index in [1.807, 2.05) is 45.0 Å². The Balaban J connectivity index is 2.16. The van der Waals surface area contributed by atoms with Gasteiger partial charge in [0.05, 0.1) is 12.6 Å². The predicted molar refractivity (Wildman–Crippen MR) is 80.8 cm³/mol. The van der Waals surface area contributed by atoms with E-state index in [-0.39, 0.29) is 11.9 Å². The lowest BCUT2D eigenvalue weighted by molar-refractivity contribution is 0.340. The van der Waals surface area contributed by atoms with Crippen molar-refractivity contribution in [1.29, 1.82) is 0 Å². The maximum absolute atomic E-state index is 13.7. The monoisotopic (exact) mass is 273 g/mol. The zero-order valence-corrected chi connectivity index (χ0v) is 12.1. The summed E-state index contributed by atoms with van der Waals surface area (Å²) in [7, 11) is 0. The number of anilines is 1. The maximum atomic E-state index is 13.7. The largest absolute Gasteiger partial charge is 0.494 e. The van der Waals surface area contributed by atoms with E-state index in [4.69, 9.17) is 4.74 Å². The number of benzene rings is 2. The third kappa shape index (κ3) is 3.29. The minimum atomic E-state index is -0.184. The highest BCUT2D eigenvalue weighted by atomic mass is 19.1. The highest BCUT2D eigenvalue weighted by molar-refractivity contribution is 5.54. The molecular formula is C17H20FNO. The molecule has 20 heavy (non-hydrogen) atoms. The van der Waals surface area contributed by atoms with Crippen molar-refractivity contribution in [2.24, 2.45) is 0 Å². The summed E-state index contributed by atoms with van der Waals surface area (Å²) in [6.07, 6.45) is 0. The van der Waals surface area contributed by atoms with Crippen molar-refractivity contribution in [3.63, 3.8) is 0 Å². The van der Waals surface area contributed by atoms with Crippen molar-refractivity contribution in [2.45, 2.75) is 26.8 Å². The summed E-state index contributed by atoms with van der Waals surface area (Å²) < 4.78 is 19.2. The Bertz CT molecular complexity index is 583. The third-order valence-electron chi connectivity index (χ3n) is 3.25. The smallest absolute Gasteiger partial charge is 0.128 e. The van der Waals surface area contributed by atoms with Gasteiger partial charge in [-0.1, -0.05) is 18.2 Å². The van der Waals surface area contributed by atoms with Crippen LogP contribution in [0.4, 0.5) is 10.1 Å². The van der Waals surface area contributed by atoms with Gasteiger partial charge in [0.15, 0.2) is 0 Å². The molecule has 3 heteroatoms. The Hall–Kier alpha value is -2.03. The molecule has 0 aliphatic carbocycles. The number of nitrogens with one attached hydrogen (secondary N) is 1. The van der Waals surface area contributed by atoms with Gasteiger partial charge < -0.3 is 10.1 Å². The lowest BCUT2D eigenvalue weighted by Gasteiger charge is -2.18. The zero-order chi connectivity index (χ0) is 14.5. The zero-order valence-electron chi connectivity index (χ0n) is 12.1. The Morgan fingerprint density at radius 3 is 2.60 bits per heavy atom. The number of hydrogen-bond donors (Lipinski definition) is 1. The first-order chi connectivity index (χ1) is 9.61. The molecule has 0 aromatic heterocycles.